The van der Waals surface area contributed by atoms with E-state index in [1.165, 1.54) is 6.07 Å². The van der Waals surface area contributed by atoms with Crippen LogP contribution in [0.25, 0.3) is 15.7 Å². The van der Waals surface area contributed by atoms with Crippen LogP contribution in [0.4, 0.5) is 10.1 Å². The number of thiazole rings is 1. The van der Waals surface area contributed by atoms with E-state index in [2.05, 4.69) is 4.90 Å². The average Bonchev–Trinajstić information content (AvgIpc) is 3.10. The van der Waals surface area contributed by atoms with Crippen molar-refractivity contribution in [2.45, 2.75) is 6.36 Å². The molecular formula is C18H18FN3O4S. The molecule has 1 atom stereocenters. The number of piperazine rings is 1. The van der Waals surface area contributed by atoms with Crippen LogP contribution in [0.15, 0.2) is 28.5 Å². The zero-order valence-electron chi connectivity index (χ0n) is 14.6. The molecule has 27 heavy (non-hydrogen) atoms. The maximum absolute atomic E-state index is 14.0. The fourth-order valence-electron chi connectivity index (χ4n) is 3.56. The van der Waals surface area contributed by atoms with Crippen molar-refractivity contribution in [1.82, 2.24) is 9.30 Å². The Morgan fingerprint density at radius 2 is 1.96 bits per heavy atom. The van der Waals surface area contributed by atoms with Gasteiger partial charge < -0.3 is 24.4 Å². The summed E-state index contributed by atoms with van der Waals surface area (Å²) in [6, 6.07) is 2.96. The van der Waals surface area contributed by atoms with Crippen molar-refractivity contribution in [3.05, 3.63) is 45.1 Å². The lowest BCUT2D eigenvalue weighted by Crippen LogP contribution is -2.44. The Labute approximate surface area is 157 Å². The van der Waals surface area contributed by atoms with Crippen molar-refractivity contribution in [1.29, 1.82) is 0 Å². The molecule has 3 heterocycles. The van der Waals surface area contributed by atoms with Gasteiger partial charge in [-0.05, 0) is 19.2 Å². The summed E-state index contributed by atoms with van der Waals surface area (Å²) in [7, 11) is 2.00. The van der Waals surface area contributed by atoms with Crippen LogP contribution in [0.1, 0.15) is 22.3 Å². The number of aromatic carboxylic acids is 1. The van der Waals surface area contributed by atoms with Crippen LogP contribution in [0.3, 0.4) is 0 Å². The number of fused-ring (bicyclic) bond motifs is 3. The maximum Gasteiger partial charge on any atom is 0.342 e. The number of carboxylic acids is 1. The van der Waals surface area contributed by atoms with Gasteiger partial charge in [0.15, 0.2) is 0 Å². The van der Waals surface area contributed by atoms with Crippen LogP contribution >= 0.6 is 11.3 Å². The second-order valence-electron chi connectivity index (χ2n) is 6.64. The van der Waals surface area contributed by atoms with E-state index in [1.807, 2.05) is 11.9 Å². The molecule has 0 amide bonds. The molecule has 0 spiro atoms. The molecule has 0 aliphatic carbocycles. The number of likely N-dealkylation sites (N-methyl/N-ethyl adjacent to an activating group) is 1. The zero-order valence-corrected chi connectivity index (χ0v) is 15.4. The summed E-state index contributed by atoms with van der Waals surface area (Å²) in [6.45, 7) is 2.92. The lowest BCUT2D eigenvalue weighted by Gasteiger charge is -2.35. The van der Waals surface area contributed by atoms with Gasteiger partial charge in [0.05, 0.1) is 5.52 Å². The van der Waals surface area contributed by atoms with Crippen LogP contribution in [0.5, 0.6) is 0 Å². The van der Waals surface area contributed by atoms with Crippen LogP contribution in [-0.2, 0) is 0 Å². The second-order valence-corrected chi connectivity index (χ2v) is 7.54. The van der Waals surface area contributed by atoms with Gasteiger partial charge in [-0.1, -0.05) is 0 Å². The molecule has 1 unspecified atom stereocenters. The Bertz CT molecular complexity index is 1100. The Morgan fingerprint density at radius 1 is 1.26 bits per heavy atom. The molecule has 7 nitrogen and oxygen atoms in total. The number of carbonyl (C=O) groups is 1. The molecular weight excluding hydrogens is 373 g/mol. The van der Waals surface area contributed by atoms with Crippen LogP contribution in [-0.4, -0.2) is 58.7 Å². The monoisotopic (exact) mass is 391 g/mol. The summed E-state index contributed by atoms with van der Waals surface area (Å²) in [6.07, 6.45) is -0.576. The average molecular weight is 391 g/mol. The number of rotatable bonds is 3. The highest BCUT2D eigenvalue weighted by atomic mass is 32.1. The highest BCUT2D eigenvalue weighted by Crippen LogP contribution is 2.33. The Hall–Kier alpha value is -2.49. The fourth-order valence-corrected chi connectivity index (χ4v) is 4.44. The maximum atomic E-state index is 14.0. The van der Waals surface area contributed by atoms with Crippen molar-refractivity contribution >= 4 is 38.7 Å². The summed E-state index contributed by atoms with van der Waals surface area (Å²) >= 11 is 1.16. The van der Waals surface area contributed by atoms with Gasteiger partial charge in [-0.3, -0.25) is 4.79 Å². The SMILES string of the molecule is CN1CCN(c2cc3c(cc2C(O)F)c(=O)c(C(=O)O)c2sccn23)CC1. The molecule has 3 aromatic rings. The largest absolute Gasteiger partial charge is 0.477 e. The van der Waals surface area contributed by atoms with Crippen molar-refractivity contribution in [2.24, 2.45) is 0 Å². The minimum absolute atomic E-state index is 0.0179. The molecule has 142 valence electrons. The Balaban J connectivity index is 2.03. The highest BCUT2D eigenvalue weighted by Gasteiger charge is 2.25. The number of nitrogens with zero attached hydrogens (tertiary/aromatic N) is 3. The number of benzene rings is 1. The first-order valence-electron chi connectivity index (χ1n) is 8.47. The molecule has 1 aromatic carbocycles. The quantitative estimate of drug-likeness (QED) is 0.710. The standard InChI is InChI=1S/C18H18FN3O4S/c1-20-2-4-21(5-3-20)12-9-13-10(8-11(12)16(19)24)15(23)14(18(25)26)17-22(13)6-7-27-17/h6-9,16,24H,2-5H2,1H3,(H,25,26). The van der Waals surface area contributed by atoms with E-state index in [0.717, 1.165) is 24.4 Å². The molecule has 2 aromatic heterocycles. The summed E-state index contributed by atoms with van der Waals surface area (Å²) in [5.41, 5.74) is -0.0146. The second kappa shape index (κ2) is 6.59. The number of hydrogen-bond acceptors (Lipinski definition) is 6. The Morgan fingerprint density at radius 3 is 2.59 bits per heavy atom. The van der Waals surface area contributed by atoms with Gasteiger partial charge >= 0.3 is 5.97 Å². The minimum atomic E-state index is -2.26. The molecule has 0 saturated carbocycles. The zero-order chi connectivity index (χ0) is 19.3. The number of anilines is 1. The van der Waals surface area contributed by atoms with E-state index < -0.39 is 17.8 Å². The third-order valence-electron chi connectivity index (χ3n) is 5.01. The molecule has 2 N–H and O–H groups in total. The van der Waals surface area contributed by atoms with Crippen molar-refractivity contribution < 1.29 is 19.4 Å². The van der Waals surface area contributed by atoms with Gasteiger partial charge in [0.2, 0.25) is 11.8 Å². The lowest BCUT2D eigenvalue weighted by atomic mass is 10.0. The number of aliphatic hydroxyl groups excluding tert-OH is 1. The van der Waals surface area contributed by atoms with Crippen molar-refractivity contribution in [2.75, 3.05) is 38.1 Å². The first-order valence-corrected chi connectivity index (χ1v) is 9.35. The highest BCUT2D eigenvalue weighted by molar-refractivity contribution is 7.16. The molecule has 1 aliphatic rings. The Kier molecular flexibility index (Phi) is 4.37. The van der Waals surface area contributed by atoms with E-state index in [4.69, 9.17) is 0 Å². The smallest absolute Gasteiger partial charge is 0.342 e. The van der Waals surface area contributed by atoms with Gasteiger partial charge in [0, 0.05) is 54.4 Å². The number of hydrogen-bond donors (Lipinski definition) is 2. The number of carboxylic acid groups (broad SMARTS) is 1. The van der Waals surface area contributed by atoms with Crippen LogP contribution < -0.4 is 10.3 Å². The van der Waals surface area contributed by atoms with Crippen LogP contribution in [0, 0.1) is 0 Å². The van der Waals surface area contributed by atoms with E-state index >= 15 is 0 Å². The molecule has 1 saturated heterocycles. The first kappa shape index (κ1) is 17.9. The van der Waals surface area contributed by atoms with E-state index in [0.29, 0.717) is 29.1 Å². The topological polar surface area (TPSA) is 85.5 Å². The molecule has 1 aliphatic heterocycles. The van der Waals surface area contributed by atoms with Gasteiger partial charge in [0.25, 0.3) is 0 Å². The number of aliphatic hydroxyl groups is 1. The summed E-state index contributed by atoms with van der Waals surface area (Å²) < 4.78 is 15.6. The summed E-state index contributed by atoms with van der Waals surface area (Å²) in [5.74, 6) is -1.33. The fraction of sp³-hybridized carbons (Fsp3) is 0.333. The number of pyridine rings is 1. The summed E-state index contributed by atoms with van der Waals surface area (Å²) in [4.78, 5) is 28.8. The minimum Gasteiger partial charge on any atom is -0.477 e. The third-order valence-corrected chi connectivity index (χ3v) is 5.89. The molecule has 4 rings (SSSR count). The third kappa shape index (κ3) is 2.88. The van der Waals surface area contributed by atoms with E-state index in [-0.39, 0.29) is 16.5 Å². The molecule has 0 radical (unpaired) electrons. The first-order chi connectivity index (χ1) is 12.9. The van der Waals surface area contributed by atoms with Gasteiger partial charge in [-0.2, -0.15) is 0 Å². The molecule has 9 heteroatoms. The lowest BCUT2D eigenvalue weighted by molar-refractivity contribution is 0.0415. The van der Waals surface area contributed by atoms with Gasteiger partial charge in [-0.15, -0.1) is 11.3 Å². The van der Waals surface area contributed by atoms with Gasteiger partial charge in [-0.25, -0.2) is 9.18 Å². The van der Waals surface area contributed by atoms with E-state index in [9.17, 15) is 24.2 Å². The van der Waals surface area contributed by atoms with Gasteiger partial charge in [0.1, 0.15) is 10.4 Å². The van der Waals surface area contributed by atoms with E-state index in [1.54, 1.807) is 22.0 Å². The van der Waals surface area contributed by atoms with Crippen LogP contribution in [0.2, 0.25) is 0 Å². The molecule has 1 fully saturated rings. The number of halogens is 1. The number of aromatic nitrogens is 1. The van der Waals surface area contributed by atoms with Crippen molar-refractivity contribution in [3.63, 3.8) is 0 Å². The molecule has 0 bridgehead atoms. The predicted octanol–water partition coefficient (Wildman–Crippen LogP) is 1.92. The van der Waals surface area contributed by atoms with Crippen molar-refractivity contribution in [3.8, 4) is 0 Å². The normalized spacial score (nSPS) is 16.9. The predicted molar refractivity (Wildman–Crippen MR) is 102 cm³/mol. The number of alkyl halides is 1. The summed E-state index contributed by atoms with van der Waals surface area (Å²) in [5, 5.41) is 20.9.